The molecule has 0 heterocycles. The first-order valence-electron chi connectivity index (χ1n) is 6.09. The summed E-state index contributed by atoms with van der Waals surface area (Å²) in [5.41, 5.74) is 2.42. The fourth-order valence-corrected chi connectivity index (χ4v) is 1.80. The number of benzene rings is 2. The Hall–Kier alpha value is -2.48. The topological polar surface area (TPSA) is 20.2 Å². The van der Waals surface area contributed by atoms with Crippen molar-refractivity contribution >= 4 is 0 Å². The predicted molar refractivity (Wildman–Crippen MR) is 77.3 cm³/mol. The molecule has 0 fully saturated rings. The first kappa shape index (κ1) is 13.0. The summed E-state index contributed by atoms with van der Waals surface area (Å²) in [6, 6.07) is 17.1. The molecule has 1 N–H and O–H groups in total. The van der Waals surface area contributed by atoms with Crippen LogP contribution in [0.2, 0.25) is 0 Å². The van der Waals surface area contributed by atoms with Crippen LogP contribution in [0.25, 0.3) is 0 Å². The molecule has 0 aliphatic heterocycles. The van der Waals surface area contributed by atoms with E-state index in [2.05, 4.69) is 17.8 Å². The summed E-state index contributed by atoms with van der Waals surface area (Å²) in [5.74, 6) is 8.58. The Morgan fingerprint density at radius 3 is 2.42 bits per heavy atom. The van der Waals surface area contributed by atoms with Gasteiger partial charge in [-0.15, -0.1) is 6.42 Å². The van der Waals surface area contributed by atoms with E-state index in [9.17, 15) is 5.11 Å². The van der Waals surface area contributed by atoms with Crippen molar-refractivity contribution in [1.29, 1.82) is 0 Å². The van der Waals surface area contributed by atoms with Gasteiger partial charge in [-0.05, 0) is 23.8 Å². The van der Waals surface area contributed by atoms with E-state index in [1.54, 1.807) is 0 Å². The molecular formula is C18H14O. The Morgan fingerprint density at radius 2 is 1.68 bits per heavy atom. The second kappa shape index (κ2) is 6.45. The normalized spacial score (nSPS) is 10.9. The van der Waals surface area contributed by atoms with Crippen molar-refractivity contribution in [3.63, 3.8) is 0 Å². The number of terminal acetylenes is 1. The van der Waals surface area contributed by atoms with E-state index in [1.807, 2.05) is 54.6 Å². The van der Waals surface area contributed by atoms with Gasteiger partial charge in [0.2, 0.25) is 0 Å². The van der Waals surface area contributed by atoms with E-state index in [4.69, 9.17) is 6.42 Å². The largest absolute Gasteiger partial charge is 0.387 e. The van der Waals surface area contributed by atoms with Crippen LogP contribution in [0.1, 0.15) is 29.2 Å². The van der Waals surface area contributed by atoms with E-state index in [-0.39, 0.29) is 0 Å². The van der Waals surface area contributed by atoms with Gasteiger partial charge in [-0.2, -0.15) is 0 Å². The molecule has 0 saturated heterocycles. The van der Waals surface area contributed by atoms with Crippen LogP contribution in [0.4, 0.5) is 0 Å². The van der Waals surface area contributed by atoms with Crippen molar-refractivity contribution in [3.05, 3.63) is 71.3 Å². The Kier molecular flexibility index (Phi) is 4.40. The van der Waals surface area contributed by atoms with Gasteiger partial charge in [-0.3, -0.25) is 0 Å². The summed E-state index contributed by atoms with van der Waals surface area (Å²) < 4.78 is 0. The predicted octanol–water partition coefficient (Wildman–Crippen LogP) is 3.14. The van der Waals surface area contributed by atoms with Crippen molar-refractivity contribution in [2.24, 2.45) is 0 Å². The van der Waals surface area contributed by atoms with Crippen LogP contribution in [-0.4, -0.2) is 5.11 Å². The molecule has 0 aromatic heterocycles. The summed E-state index contributed by atoms with van der Waals surface area (Å²) in [6.07, 6.45) is 5.13. The van der Waals surface area contributed by atoms with Crippen molar-refractivity contribution in [3.8, 4) is 24.2 Å². The quantitative estimate of drug-likeness (QED) is 0.807. The SMILES string of the molecule is C#Cc1ccccc1C(O)CC#Cc1ccccc1. The highest BCUT2D eigenvalue weighted by molar-refractivity contribution is 5.41. The van der Waals surface area contributed by atoms with Crippen LogP contribution < -0.4 is 0 Å². The second-order valence-corrected chi connectivity index (χ2v) is 4.12. The van der Waals surface area contributed by atoms with Crippen molar-refractivity contribution in [1.82, 2.24) is 0 Å². The number of rotatable bonds is 2. The lowest BCUT2D eigenvalue weighted by Crippen LogP contribution is -1.99. The van der Waals surface area contributed by atoms with Gasteiger partial charge in [0.1, 0.15) is 0 Å². The monoisotopic (exact) mass is 246 g/mol. The molecule has 1 atom stereocenters. The minimum absolute atomic E-state index is 0.369. The molecular weight excluding hydrogens is 232 g/mol. The lowest BCUT2D eigenvalue weighted by molar-refractivity contribution is 0.183. The highest BCUT2D eigenvalue weighted by Gasteiger charge is 2.08. The van der Waals surface area contributed by atoms with Crippen LogP contribution in [0, 0.1) is 24.2 Å². The van der Waals surface area contributed by atoms with Gasteiger partial charge < -0.3 is 5.11 Å². The second-order valence-electron chi connectivity index (χ2n) is 4.12. The molecule has 0 radical (unpaired) electrons. The lowest BCUT2D eigenvalue weighted by Gasteiger charge is -2.09. The summed E-state index contributed by atoms with van der Waals surface area (Å²) in [6.45, 7) is 0. The average molecular weight is 246 g/mol. The zero-order chi connectivity index (χ0) is 13.5. The van der Waals surface area contributed by atoms with Crippen LogP contribution >= 0.6 is 0 Å². The highest BCUT2D eigenvalue weighted by Crippen LogP contribution is 2.19. The van der Waals surface area contributed by atoms with Crippen LogP contribution in [-0.2, 0) is 0 Å². The number of aliphatic hydroxyl groups is 1. The lowest BCUT2D eigenvalue weighted by atomic mass is 10.0. The van der Waals surface area contributed by atoms with Gasteiger partial charge in [0.05, 0.1) is 6.10 Å². The Morgan fingerprint density at radius 1 is 1.00 bits per heavy atom. The van der Waals surface area contributed by atoms with Crippen LogP contribution in [0.15, 0.2) is 54.6 Å². The third-order valence-electron chi connectivity index (χ3n) is 2.78. The molecule has 0 aliphatic carbocycles. The smallest absolute Gasteiger partial charge is 0.0911 e. The number of hydrogen-bond acceptors (Lipinski definition) is 1. The molecule has 1 unspecified atom stereocenters. The highest BCUT2D eigenvalue weighted by atomic mass is 16.3. The minimum atomic E-state index is -0.650. The number of aliphatic hydroxyl groups excluding tert-OH is 1. The van der Waals surface area contributed by atoms with E-state index in [0.29, 0.717) is 6.42 Å². The van der Waals surface area contributed by atoms with Crippen molar-refractivity contribution in [2.75, 3.05) is 0 Å². The molecule has 19 heavy (non-hydrogen) atoms. The van der Waals surface area contributed by atoms with Crippen molar-refractivity contribution in [2.45, 2.75) is 12.5 Å². The molecule has 2 aromatic rings. The van der Waals surface area contributed by atoms with E-state index in [0.717, 1.165) is 16.7 Å². The molecule has 2 rings (SSSR count). The molecule has 2 aromatic carbocycles. The third kappa shape index (κ3) is 3.49. The van der Waals surface area contributed by atoms with Crippen LogP contribution in [0.3, 0.4) is 0 Å². The van der Waals surface area contributed by atoms with E-state index >= 15 is 0 Å². The fraction of sp³-hybridized carbons (Fsp3) is 0.111. The summed E-state index contributed by atoms with van der Waals surface area (Å²) in [5, 5.41) is 10.1. The van der Waals surface area contributed by atoms with Gasteiger partial charge >= 0.3 is 0 Å². The van der Waals surface area contributed by atoms with Gasteiger partial charge in [0, 0.05) is 17.5 Å². The molecule has 0 aliphatic rings. The Labute approximate surface area is 113 Å². The molecule has 0 amide bonds. The maximum Gasteiger partial charge on any atom is 0.0911 e. The first-order chi connectivity index (χ1) is 9.31. The van der Waals surface area contributed by atoms with Crippen molar-refractivity contribution < 1.29 is 5.11 Å². The fourth-order valence-electron chi connectivity index (χ4n) is 1.80. The summed E-state index contributed by atoms with van der Waals surface area (Å²) in [4.78, 5) is 0. The van der Waals surface area contributed by atoms with Crippen LogP contribution in [0.5, 0.6) is 0 Å². The summed E-state index contributed by atoms with van der Waals surface area (Å²) >= 11 is 0. The zero-order valence-corrected chi connectivity index (χ0v) is 10.5. The Bertz CT molecular complexity index is 639. The first-order valence-corrected chi connectivity index (χ1v) is 6.09. The molecule has 0 bridgehead atoms. The maximum atomic E-state index is 10.1. The third-order valence-corrected chi connectivity index (χ3v) is 2.78. The summed E-state index contributed by atoms with van der Waals surface area (Å²) in [7, 11) is 0. The average Bonchev–Trinajstić information content (AvgIpc) is 2.48. The maximum absolute atomic E-state index is 10.1. The molecule has 1 nitrogen and oxygen atoms in total. The molecule has 1 heteroatoms. The van der Waals surface area contributed by atoms with Gasteiger partial charge in [-0.1, -0.05) is 54.2 Å². The van der Waals surface area contributed by atoms with Gasteiger partial charge in [0.25, 0.3) is 0 Å². The standard InChI is InChI=1S/C18H14O/c1-2-16-12-6-7-13-17(16)18(19)14-8-11-15-9-4-3-5-10-15/h1,3-7,9-10,12-13,18-19H,14H2. The van der Waals surface area contributed by atoms with E-state index in [1.165, 1.54) is 0 Å². The minimum Gasteiger partial charge on any atom is -0.387 e. The number of hydrogen-bond donors (Lipinski definition) is 1. The van der Waals surface area contributed by atoms with Gasteiger partial charge in [-0.25, -0.2) is 0 Å². The molecule has 0 saturated carbocycles. The zero-order valence-electron chi connectivity index (χ0n) is 10.5. The Balaban J connectivity index is 2.09. The van der Waals surface area contributed by atoms with Gasteiger partial charge in [0.15, 0.2) is 0 Å². The molecule has 92 valence electrons. The molecule has 0 spiro atoms. The van der Waals surface area contributed by atoms with E-state index < -0.39 is 6.10 Å².